The zero-order chi connectivity index (χ0) is 14.9. The second kappa shape index (κ2) is 5.38. The molecular formula is C16H17N5O. The van der Waals surface area contributed by atoms with Gasteiger partial charge in [-0.15, -0.1) is 10.2 Å². The van der Waals surface area contributed by atoms with Gasteiger partial charge in [-0.1, -0.05) is 0 Å². The van der Waals surface area contributed by atoms with E-state index in [0.717, 1.165) is 48.0 Å². The molecule has 0 bridgehead atoms. The Balaban J connectivity index is 1.76. The first-order valence-corrected chi connectivity index (χ1v) is 7.42. The van der Waals surface area contributed by atoms with Crippen LogP contribution < -0.4 is 10.1 Å². The van der Waals surface area contributed by atoms with Crippen molar-refractivity contribution in [2.45, 2.75) is 12.3 Å². The molecule has 0 saturated carbocycles. The largest absolute Gasteiger partial charge is 0.497 e. The molecule has 6 heteroatoms. The summed E-state index contributed by atoms with van der Waals surface area (Å²) in [6, 6.07) is 11.8. The summed E-state index contributed by atoms with van der Waals surface area (Å²) in [6.07, 6.45) is 1.08. The number of hydrogen-bond acceptors (Lipinski definition) is 5. The maximum atomic E-state index is 5.20. The van der Waals surface area contributed by atoms with Gasteiger partial charge in [0.15, 0.2) is 11.5 Å². The summed E-state index contributed by atoms with van der Waals surface area (Å²) in [5, 5.41) is 16.6. The van der Waals surface area contributed by atoms with Crippen LogP contribution in [0, 0.1) is 0 Å². The Morgan fingerprint density at radius 1 is 1.14 bits per heavy atom. The minimum absolute atomic E-state index is 0.383. The Bertz CT molecular complexity index is 790. The molecule has 1 aromatic carbocycles. The van der Waals surface area contributed by atoms with E-state index < -0.39 is 0 Å². The zero-order valence-electron chi connectivity index (χ0n) is 12.4. The van der Waals surface area contributed by atoms with Gasteiger partial charge < -0.3 is 10.1 Å². The van der Waals surface area contributed by atoms with E-state index in [4.69, 9.17) is 9.84 Å². The Morgan fingerprint density at radius 3 is 2.73 bits per heavy atom. The lowest BCUT2D eigenvalue weighted by Crippen LogP contribution is -2.11. The predicted molar refractivity (Wildman–Crippen MR) is 83.0 cm³/mol. The molecule has 6 nitrogen and oxygen atoms in total. The molecule has 4 rings (SSSR count). The monoisotopic (exact) mass is 295 g/mol. The molecule has 22 heavy (non-hydrogen) atoms. The second-order valence-corrected chi connectivity index (χ2v) is 5.46. The number of hydrogen-bond donors (Lipinski definition) is 1. The lowest BCUT2D eigenvalue weighted by molar-refractivity contribution is 0.415. The summed E-state index contributed by atoms with van der Waals surface area (Å²) in [4.78, 5) is 0. The molecule has 0 amide bonds. The fourth-order valence-electron chi connectivity index (χ4n) is 2.85. The first kappa shape index (κ1) is 13.2. The van der Waals surface area contributed by atoms with Crippen molar-refractivity contribution in [3.63, 3.8) is 0 Å². The Labute approximate surface area is 128 Å². The van der Waals surface area contributed by atoms with E-state index >= 15 is 0 Å². The maximum Gasteiger partial charge on any atom is 0.177 e. The van der Waals surface area contributed by atoms with Crippen LogP contribution in [0.1, 0.15) is 18.2 Å². The van der Waals surface area contributed by atoms with Crippen molar-refractivity contribution < 1.29 is 4.74 Å². The van der Waals surface area contributed by atoms with Crippen LogP contribution in [-0.2, 0) is 0 Å². The van der Waals surface area contributed by atoms with Crippen molar-refractivity contribution in [3.8, 4) is 17.0 Å². The average molecular weight is 295 g/mol. The first-order chi connectivity index (χ1) is 10.8. The number of ether oxygens (including phenoxy) is 1. The number of fused-ring (bicyclic) bond motifs is 1. The Morgan fingerprint density at radius 2 is 2.00 bits per heavy atom. The van der Waals surface area contributed by atoms with E-state index in [1.807, 2.05) is 40.9 Å². The Kier molecular flexibility index (Phi) is 3.23. The number of methoxy groups -OCH3 is 1. The lowest BCUT2D eigenvalue weighted by atomic mass is 10.1. The summed E-state index contributed by atoms with van der Waals surface area (Å²) < 4.78 is 7.07. The van der Waals surface area contributed by atoms with Crippen LogP contribution in [0.2, 0.25) is 0 Å². The van der Waals surface area contributed by atoms with Crippen molar-refractivity contribution in [3.05, 3.63) is 42.2 Å². The first-order valence-electron chi connectivity index (χ1n) is 7.42. The van der Waals surface area contributed by atoms with E-state index in [1.54, 1.807) is 7.11 Å². The zero-order valence-corrected chi connectivity index (χ0v) is 12.4. The summed E-state index contributed by atoms with van der Waals surface area (Å²) in [7, 11) is 1.67. The fraction of sp³-hybridized carbons (Fsp3) is 0.312. The normalized spacial score (nSPS) is 18.0. The van der Waals surface area contributed by atoms with Gasteiger partial charge in [-0.25, -0.2) is 0 Å². The van der Waals surface area contributed by atoms with Gasteiger partial charge in [0, 0.05) is 18.0 Å². The number of nitrogens with zero attached hydrogens (tertiary/aromatic N) is 4. The SMILES string of the molecule is COc1ccc(-c2ccc3nnc(C4CCNC4)n3n2)cc1. The van der Waals surface area contributed by atoms with Gasteiger partial charge in [0.05, 0.1) is 12.8 Å². The van der Waals surface area contributed by atoms with Crippen LogP contribution in [0.4, 0.5) is 0 Å². The van der Waals surface area contributed by atoms with Gasteiger partial charge in [0.1, 0.15) is 5.75 Å². The molecule has 1 unspecified atom stereocenters. The number of aromatic nitrogens is 4. The van der Waals surface area contributed by atoms with Crippen LogP contribution in [0.25, 0.3) is 16.9 Å². The summed E-state index contributed by atoms with van der Waals surface area (Å²) in [5.41, 5.74) is 2.74. The molecule has 1 fully saturated rings. The van der Waals surface area contributed by atoms with Crippen LogP contribution >= 0.6 is 0 Å². The molecule has 3 aromatic rings. The van der Waals surface area contributed by atoms with Crippen LogP contribution in [0.3, 0.4) is 0 Å². The molecule has 1 atom stereocenters. The fourth-order valence-corrected chi connectivity index (χ4v) is 2.85. The number of nitrogens with one attached hydrogen (secondary N) is 1. The van der Waals surface area contributed by atoms with Crippen molar-refractivity contribution >= 4 is 5.65 Å². The van der Waals surface area contributed by atoms with Crippen LogP contribution in [-0.4, -0.2) is 40.0 Å². The lowest BCUT2D eigenvalue weighted by Gasteiger charge is -2.07. The van der Waals surface area contributed by atoms with E-state index in [0.29, 0.717) is 5.92 Å². The number of benzene rings is 1. The molecule has 1 saturated heterocycles. The minimum atomic E-state index is 0.383. The number of rotatable bonds is 3. The van der Waals surface area contributed by atoms with Crippen LogP contribution in [0.15, 0.2) is 36.4 Å². The van der Waals surface area contributed by atoms with E-state index in [9.17, 15) is 0 Å². The Hall–Kier alpha value is -2.47. The third-order valence-corrected chi connectivity index (χ3v) is 4.10. The highest BCUT2D eigenvalue weighted by Crippen LogP contribution is 2.24. The average Bonchev–Trinajstić information content (AvgIpc) is 3.23. The quantitative estimate of drug-likeness (QED) is 0.799. The minimum Gasteiger partial charge on any atom is -0.497 e. The highest BCUT2D eigenvalue weighted by molar-refractivity contribution is 5.61. The van der Waals surface area contributed by atoms with Gasteiger partial charge in [0.2, 0.25) is 0 Å². The smallest absolute Gasteiger partial charge is 0.177 e. The third kappa shape index (κ3) is 2.21. The van der Waals surface area contributed by atoms with E-state index in [1.165, 1.54) is 0 Å². The molecule has 0 spiro atoms. The molecule has 112 valence electrons. The van der Waals surface area contributed by atoms with Crippen LogP contribution in [0.5, 0.6) is 5.75 Å². The highest BCUT2D eigenvalue weighted by atomic mass is 16.5. The molecule has 0 aliphatic carbocycles. The van der Waals surface area contributed by atoms with Gasteiger partial charge in [-0.3, -0.25) is 0 Å². The van der Waals surface area contributed by atoms with Gasteiger partial charge in [-0.05, 0) is 49.4 Å². The standard InChI is InChI=1S/C16H17N5O/c1-22-13-4-2-11(3-5-13)14-6-7-15-18-19-16(21(15)20-14)12-8-9-17-10-12/h2-7,12,17H,8-10H2,1H3. The highest BCUT2D eigenvalue weighted by Gasteiger charge is 2.22. The van der Waals surface area contributed by atoms with E-state index in [2.05, 4.69) is 15.5 Å². The third-order valence-electron chi connectivity index (χ3n) is 4.10. The molecule has 2 aromatic heterocycles. The van der Waals surface area contributed by atoms with Gasteiger partial charge >= 0.3 is 0 Å². The molecule has 1 N–H and O–H groups in total. The molecular weight excluding hydrogens is 278 g/mol. The molecule has 3 heterocycles. The van der Waals surface area contributed by atoms with Crippen molar-refractivity contribution in [2.24, 2.45) is 0 Å². The van der Waals surface area contributed by atoms with Gasteiger partial charge in [-0.2, -0.15) is 9.61 Å². The topological polar surface area (TPSA) is 64.3 Å². The van der Waals surface area contributed by atoms with Crippen molar-refractivity contribution in [1.82, 2.24) is 25.1 Å². The van der Waals surface area contributed by atoms with E-state index in [-0.39, 0.29) is 0 Å². The summed E-state index contributed by atoms with van der Waals surface area (Å²) in [5.74, 6) is 2.16. The van der Waals surface area contributed by atoms with Crippen molar-refractivity contribution in [1.29, 1.82) is 0 Å². The summed E-state index contributed by atoms with van der Waals surface area (Å²) >= 11 is 0. The second-order valence-electron chi connectivity index (χ2n) is 5.46. The van der Waals surface area contributed by atoms with Crippen molar-refractivity contribution in [2.75, 3.05) is 20.2 Å². The molecule has 0 radical (unpaired) electrons. The summed E-state index contributed by atoms with van der Waals surface area (Å²) in [6.45, 7) is 1.97. The predicted octanol–water partition coefficient (Wildman–Crippen LogP) is 1.88. The molecule has 1 aliphatic heterocycles. The molecule has 1 aliphatic rings. The van der Waals surface area contributed by atoms with Gasteiger partial charge in [0.25, 0.3) is 0 Å². The maximum absolute atomic E-state index is 5.20.